The number of rotatable bonds is 10. The third-order valence-corrected chi connectivity index (χ3v) is 7.09. The first-order valence-electron chi connectivity index (χ1n) is 13.3. The number of esters is 1. The molecule has 0 radical (unpaired) electrons. The summed E-state index contributed by atoms with van der Waals surface area (Å²) in [5, 5.41) is 5.70. The van der Waals surface area contributed by atoms with E-state index in [0.717, 1.165) is 11.1 Å². The molecule has 1 aliphatic heterocycles. The Kier molecular flexibility index (Phi) is 9.78. The van der Waals surface area contributed by atoms with Crippen molar-refractivity contribution in [3.05, 3.63) is 107 Å². The molecule has 0 saturated carbocycles. The lowest BCUT2D eigenvalue weighted by molar-refractivity contribution is -0.132. The molecule has 0 spiro atoms. The zero-order valence-corrected chi connectivity index (χ0v) is 22.6. The highest BCUT2D eigenvalue weighted by Gasteiger charge is 2.43. The van der Waals surface area contributed by atoms with Gasteiger partial charge in [-0.05, 0) is 72.5 Å². The van der Waals surface area contributed by atoms with Gasteiger partial charge in [0.15, 0.2) is 0 Å². The molecule has 3 aromatic rings. The first kappa shape index (κ1) is 29.4. The molecular weight excluding hydrogens is 532 g/mol. The Hall–Kier alpha value is -4.60. The molecule has 3 amide bonds. The lowest BCUT2D eigenvalue weighted by Gasteiger charge is -2.17. The predicted molar refractivity (Wildman–Crippen MR) is 147 cm³/mol. The molecule has 2 atom stereocenters. The molecule has 1 saturated heterocycles. The molecule has 1 heterocycles. The maximum atomic E-state index is 13.3. The van der Waals surface area contributed by atoms with Crippen LogP contribution in [0.25, 0.3) is 0 Å². The van der Waals surface area contributed by atoms with Gasteiger partial charge in [-0.3, -0.25) is 14.4 Å². The van der Waals surface area contributed by atoms with Crippen molar-refractivity contribution >= 4 is 23.7 Å². The number of carbonyl (C=O) groups excluding carboxylic acids is 4. The number of benzene rings is 3. The van der Waals surface area contributed by atoms with E-state index < -0.39 is 17.8 Å². The van der Waals surface area contributed by atoms with Crippen LogP contribution in [0.4, 0.5) is 8.78 Å². The summed E-state index contributed by atoms with van der Waals surface area (Å²) < 4.78 is 31.1. The molecule has 1 fully saturated rings. The summed E-state index contributed by atoms with van der Waals surface area (Å²) in [5.74, 6) is -3.88. The lowest BCUT2D eigenvalue weighted by atomic mass is 9.94. The summed E-state index contributed by atoms with van der Waals surface area (Å²) in [6.45, 7) is 0.637. The maximum Gasteiger partial charge on any atom is 0.337 e. The van der Waals surface area contributed by atoms with Crippen molar-refractivity contribution in [2.24, 2.45) is 11.8 Å². The highest BCUT2D eigenvalue weighted by Crippen LogP contribution is 2.26. The van der Waals surface area contributed by atoms with Crippen molar-refractivity contribution < 1.29 is 32.7 Å². The number of hydrogen-bond acceptors (Lipinski definition) is 5. The molecule has 8 nitrogen and oxygen atoms in total. The molecule has 1 aliphatic rings. The monoisotopic (exact) mass is 563 g/mol. The van der Waals surface area contributed by atoms with Crippen molar-refractivity contribution in [3.8, 4) is 0 Å². The maximum absolute atomic E-state index is 13.3. The number of carbonyl (C=O) groups is 4. The summed E-state index contributed by atoms with van der Waals surface area (Å²) in [6.07, 6.45) is 0.949. The number of halogens is 2. The Morgan fingerprint density at radius 3 is 1.54 bits per heavy atom. The van der Waals surface area contributed by atoms with Crippen LogP contribution in [0.1, 0.15) is 31.8 Å². The van der Waals surface area contributed by atoms with E-state index in [1.165, 1.54) is 60.5 Å². The molecule has 4 rings (SSSR count). The normalized spacial score (nSPS) is 16.2. The number of hydrogen-bond donors (Lipinski definition) is 2. The van der Waals surface area contributed by atoms with Gasteiger partial charge in [0.1, 0.15) is 11.6 Å². The van der Waals surface area contributed by atoms with Crippen molar-refractivity contribution in [1.82, 2.24) is 15.5 Å². The molecule has 2 N–H and O–H groups in total. The summed E-state index contributed by atoms with van der Waals surface area (Å²) in [7, 11) is 1.27. The van der Waals surface area contributed by atoms with E-state index in [1.54, 1.807) is 24.3 Å². The Balaban J connectivity index is 1.42. The van der Waals surface area contributed by atoms with Gasteiger partial charge in [-0.25, -0.2) is 13.6 Å². The summed E-state index contributed by atoms with van der Waals surface area (Å²) in [5.41, 5.74) is 2.30. The average Bonchev–Trinajstić information content (AvgIpc) is 3.44. The minimum absolute atomic E-state index is 0.0377. The van der Waals surface area contributed by atoms with Gasteiger partial charge in [-0.1, -0.05) is 24.3 Å². The van der Waals surface area contributed by atoms with E-state index in [2.05, 4.69) is 10.6 Å². The Morgan fingerprint density at radius 2 is 1.12 bits per heavy atom. The summed E-state index contributed by atoms with van der Waals surface area (Å²) in [6, 6.07) is 17.9. The van der Waals surface area contributed by atoms with E-state index in [0.29, 0.717) is 24.0 Å². The van der Waals surface area contributed by atoms with Crippen LogP contribution in [0.15, 0.2) is 72.8 Å². The number of amides is 3. The molecule has 0 bridgehead atoms. The van der Waals surface area contributed by atoms with Crippen LogP contribution in [0.5, 0.6) is 0 Å². The Bertz CT molecular complexity index is 1310. The number of likely N-dealkylation sites (tertiary alicyclic amines) is 1. The van der Waals surface area contributed by atoms with Crippen LogP contribution in [-0.4, -0.2) is 61.9 Å². The number of methoxy groups -OCH3 is 1. The fourth-order valence-electron chi connectivity index (χ4n) is 4.77. The minimum Gasteiger partial charge on any atom is -0.465 e. The second-order valence-electron chi connectivity index (χ2n) is 9.83. The van der Waals surface area contributed by atoms with Crippen molar-refractivity contribution in [3.63, 3.8) is 0 Å². The number of nitrogens with zero attached hydrogens (tertiary/aromatic N) is 1. The zero-order valence-electron chi connectivity index (χ0n) is 22.6. The standard InChI is InChI=1S/C31H31F2N3O5/c1-41-31(40)23-8-6-22(7-9-23)30(39)36-18-26(28(37)34-16-14-20-2-10-24(32)11-3-20)27(19-36)29(38)35-17-15-21-4-12-25(33)13-5-21/h2-13,26-27H,14-19H2,1H3,(H,34,37)(H,35,38)/t26-,27-/m1/s1. The molecule has 3 aromatic carbocycles. The predicted octanol–water partition coefficient (Wildman–Crippen LogP) is 3.16. The number of ether oxygens (including phenoxy) is 1. The summed E-state index contributed by atoms with van der Waals surface area (Å²) >= 11 is 0. The zero-order chi connectivity index (χ0) is 29.4. The molecule has 10 heteroatoms. The molecular formula is C31H31F2N3O5. The fourth-order valence-corrected chi connectivity index (χ4v) is 4.77. The van der Waals surface area contributed by atoms with Gasteiger partial charge < -0.3 is 20.3 Å². The topological polar surface area (TPSA) is 105 Å². The average molecular weight is 564 g/mol. The molecule has 0 aliphatic carbocycles. The van der Waals surface area contributed by atoms with Crippen LogP contribution in [0, 0.1) is 23.5 Å². The van der Waals surface area contributed by atoms with E-state index in [-0.39, 0.29) is 55.5 Å². The van der Waals surface area contributed by atoms with Gasteiger partial charge in [0.2, 0.25) is 11.8 Å². The molecule has 0 unspecified atom stereocenters. The lowest BCUT2D eigenvalue weighted by Crippen LogP contribution is -2.42. The quantitative estimate of drug-likeness (QED) is 0.369. The SMILES string of the molecule is COC(=O)c1ccc(C(=O)N2C[C@@H](C(=O)NCCc3ccc(F)cc3)[C@H](C(=O)NCCc3ccc(F)cc3)C2)cc1. The van der Waals surface area contributed by atoms with Crippen LogP contribution in [0.2, 0.25) is 0 Å². The highest BCUT2D eigenvalue weighted by atomic mass is 19.1. The summed E-state index contributed by atoms with van der Waals surface area (Å²) in [4.78, 5) is 52.9. The minimum atomic E-state index is -0.785. The van der Waals surface area contributed by atoms with E-state index in [1.807, 2.05) is 0 Å². The van der Waals surface area contributed by atoms with Crippen LogP contribution >= 0.6 is 0 Å². The first-order chi connectivity index (χ1) is 19.7. The van der Waals surface area contributed by atoms with Gasteiger partial charge in [0, 0.05) is 31.7 Å². The molecule has 214 valence electrons. The van der Waals surface area contributed by atoms with Gasteiger partial charge in [0.25, 0.3) is 5.91 Å². The largest absolute Gasteiger partial charge is 0.465 e. The third kappa shape index (κ3) is 7.75. The van der Waals surface area contributed by atoms with E-state index >= 15 is 0 Å². The van der Waals surface area contributed by atoms with Crippen molar-refractivity contribution in [2.45, 2.75) is 12.8 Å². The van der Waals surface area contributed by atoms with Crippen molar-refractivity contribution in [2.75, 3.05) is 33.3 Å². The van der Waals surface area contributed by atoms with Gasteiger partial charge in [0.05, 0.1) is 24.5 Å². The molecule has 0 aromatic heterocycles. The van der Waals surface area contributed by atoms with E-state index in [9.17, 15) is 28.0 Å². The van der Waals surface area contributed by atoms with E-state index in [4.69, 9.17) is 4.74 Å². The van der Waals surface area contributed by atoms with Gasteiger partial charge >= 0.3 is 5.97 Å². The second-order valence-corrected chi connectivity index (χ2v) is 9.83. The van der Waals surface area contributed by atoms with Gasteiger partial charge in [-0.15, -0.1) is 0 Å². The first-order valence-corrected chi connectivity index (χ1v) is 13.3. The Labute approximate surface area is 236 Å². The number of nitrogens with one attached hydrogen (secondary N) is 2. The highest BCUT2D eigenvalue weighted by molar-refractivity contribution is 5.98. The second kappa shape index (κ2) is 13.6. The van der Waals surface area contributed by atoms with Crippen LogP contribution < -0.4 is 10.6 Å². The third-order valence-electron chi connectivity index (χ3n) is 7.09. The fraction of sp³-hybridized carbons (Fsp3) is 0.290. The Morgan fingerprint density at radius 1 is 0.707 bits per heavy atom. The van der Waals surface area contributed by atoms with Crippen LogP contribution in [-0.2, 0) is 27.2 Å². The van der Waals surface area contributed by atoms with Crippen molar-refractivity contribution in [1.29, 1.82) is 0 Å². The van der Waals surface area contributed by atoms with Gasteiger partial charge in [-0.2, -0.15) is 0 Å². The smallest absolute Gasteiger partial charge is 0.337 e. The van der Waals surface area contributed by atoms with Crippen LogP contribution in [0.3, 0.4) is 0 Å². The molecule has 41 heavy (non-hydrogen) atoms.